The van der Waals surface area contributed by atoms with Crippen LogP contribution in [0.1, 0.15) is 19.3 Å². The summed E-state index contributed by atoms with van der Waals surface area (Å²) in [5.74, 6) is 0.483. The van der Waals surface area contributed by atoms with Gasteiger partial charge < -0.3 is 10.1 Å². The molecule has 90 valence electrons. The number of hydrogen-bond donors (Lipinski definition) is 1. The first-order valence-electron chi connectivity index (χ1n) is 5.77. The largest absolute Gasteiger partial charge is 0.468 e. The van der Waals surface area contributed by atoms with Crippen LogP contribution in [-0.4, -0.2) is 49.6 Å². The van der Waals surface area contributed by atoms with Crippen molar-refractivity contribution in [2.45, 2.75) is 25.3 Å². The Morgan fingerprint density at radius 3 is 3.12 bits per heavy atom. The predicted molar refractivity (Wildman–Crippen MR) is 57.7 cm³/mol. The maximum atomic E-state index is 11.2. The van der Waals surface area contributed by atoms with Gasteiger partial charge in [-0.2, -0.15) is 0 Å². The second-order valence-electron chi connectivity index (χ2n) is 4.57. The summed E-state index contributed by atoms with van der Waals surface area (Å²) in [6.07, 6.45) is 2.49. The van der Waals surface area contributed by atoms with E-state index in [2.05, 4.69) is 15.0 Å². The van der Waals surface area contributed by atoms with Crippen molar-refractivity contribution in [1.29, 1.82) is 0 Å². The predicted octanol–water partition coefficient (Wildman–Crippen LogP) is -0.240. The van der Waals surface area contributed by atoms with E-state index in [1.807, 2.05) is 0 Å². The lowest BCUT2D eigenvalue weighted by atomic mass is 9.85. The first-order chi connectivity index (χ1) is 7.69. The molecular weight excluding hydrogens is 208 g/mol. The number of esters is 1. The second kappa shape index (κ2) is 4.82. The molecule has 0 aromatic carbocycles. The first kappa shape index (κ1) is 11.4. The number of carbonyl (C=O) groups is 2. The van der Waals surface area contributed by atoms with Crippen LogP contribution in [0.15, 0.2) is 0 Å². The van der Waals surface area contributed by atoms with Crippen LogP contribution in [0.3, 0.4) is 0 Å². The van der Waals surface area contributed by atoms with Crippen LogP contribution in [0.25, 0.3) is 0 Å². The van der Waals surface area contributed by atoms with Crippen molar-refractivity contribution < 1.29 is 14.3 Å². The number of amides is 1. The van der Waals surface area contributed by atoms with Crippen LogP contribution in [0.5, 0.6) is 0 Å². The molecule has 0 aliphatic carbocycles. The van der Waals surface area contributed by atoms with Gasteiger partial charge in [0.2, 0.25) is 5.91 Å². The summed E-state index contributed by atoms with van der Waals surface area (Å²) in [7, 11) is 1.41. The van der Waals surface area contributed by atoms with Crippen molar-refractivity contribution in [1.82, 2.24) is 10.2 Å². The van der Waals surface area contributed by atoms with Gasteiger partial charge >= 0.3 is 5.97 Å². The highest BCUT2D eigenvalue weighted by molar-refractivity contribution is 5.77. The molecule has 2 saturated heterocycles. The molecule has 2 heterocycles. The minimum absolute atomic E-state index is 0.169. The number of ether oxygens (including phenoxy) is 1. The molecule has 2 atom stereocenters. The third kappa shape index (κ3) is 2.52. The topological polar surface area (TPSA) is 58.6 Å². The van der Waals surface area contributed by atoms with Gasteiger partial charge in [-0.3, -0.25) is 14.5 Å². The highest BCUT2D eigenvalue weighted by Crippen LogP contribution is 2.24. The minimum Gasteiger partial charge on any atom is -0.468 e. The zero-order valence-corrected chi connectivity index (χ0v) is 9.57. The van der Waals surface area contributed by atoms with E-state index in [1.165, 1.54) is 7.11 Å². The van der Waals surface area contributed by atoms with Crippen LogP contribution in [0, 0.1) is 5.92 Å². The van der Waals surface area contributed by atoms with Gasteiger partial charge in [-0.1, -0.05) is 0 Å². The van der Waals surface area contributed by atoms with Crippen LogP contribution < -0.4 is 5.32 Å². The molecule has 2 unspecified atom stereocenters. The number of carbonyl (C=O) groups excluding carboxylic acids is 2. The Morgan fingerprint density at radius 2 is 2.38 bits per heavy atom. The lowest BCUT2D eigenvalue weighted by molar-refractivity contribution is -0.143. The summed E-state index contributed by atoms with van der Waals surface area (Å²) in [6.45, 7) is 2.12. The molecule has 1 amide bonds. The summed E-state index contributed by atoms with van der Waals surface area (Å²) >= 11 is 0. The molecule has 1 N–H and O–H groups in total. The molecular formula is C11H18N2O3. The molecule has 0 bridgehead atoms. The molecule has 0 aromatic heterocycles. The lowest BCUT2D eigenvalue weighted by Crippen LogP contribution is -2.54. The highest BCUT2D eigenvalue weighted by atomic mass is 16.5. The van der Waals surface area contributed by atoms with E-state index in [1.54, 1.807) is 0 Å². The van der Waals surface area contributed by atoms with E-state index in [-0.39, 0.29) is 11.9 Å². The summed E-state index contributed by atoms with van der Waals surface area (Å²) in [6, 6.07) is 0.315. The van der Waals surface area contributed by atoms with E-state index in [4.69, 9.17) is 0 Å². The van der Waals surface area contributed by atoms with E-state index in [0.29, 0.717) is 24.9 Å². The van der Waals surface area contributed by atoms with Gasteiger partial charge in [-0.15, -0.1) is 0 Å². The number of methoxy groups -OCH3 is 1. The van der Waals surface area contributed by atoms with Gasteiger partial charge in [-0.25, -0.2) is 0 Å². The van der Waals surface area contributed by atoms with E-state index < -0.39 is 0 Å². The average molecular weight is 226 g/mol. The maximum absolute atomic E-state index is 11.2. The van der Waals surface area contributed by atoms with Gasteiger partial charge in [0.25, 0.3) is 0 Å². The molecule has 2 aliphatic rings. The maximum Gasteiger partial charge on any atom is 0.319 e. The Bertz CT molecular complexity index is 293. The summed E-state index contributed by atoms with van der Waals surface area (Å²) < 4.78 is 4.66. The minimum atomic E-state index is -0.182. The van der Waals surface area contributed by atoms with Crippen molar-refractivity contribution >= 4 is 11.9 Å². The summed E-state index contributed by atoms with van der Waals surface area (Å²) in [5, 5.41) is 3.02. The van der Waals surface area contributed by atoms with Crippen molar-refractivity contribution in [2.75, 3.05) is 26.7 Å². The molecule has 0 spiro atoms. The average Bonchev–Trinajstić information content (AvgIpc) is 2.29. The van der Waals surface area contributed by atoms with Crippen molar-refractivity contribution in [3.8, 4) is 0 Å². The third-order valence-corrected chi connectivity index (χ3v) is 3.49. The Labute approximate surface area is 95.1 Å². The van der Waals surface area contributed by atoms with E-state index >= 15 is 0 Å². The fraction of sp³-hybridized carbons (Fsp3) is 0.818. The number of likely N-dealkylation sites (tertiary alicyclic amines) is 1. The molecule has 0 aromatic rings. The molecule has 5 heteroatoms. The summed E-state index contributed by atoms with van der Waals surface area (Å²) in [4.78, 5) is 24.5. The Kier molecular flexibility index (Phi) is 3.43. The quantitative estimate of drug-likeness (QED) is 0.660. The molecule has 16 heavy (non-hydrogen) atoms. The normalized spacial score (nSPS) is 30.4. The van der Waals surface area contributed by atoms with Crippen molar-refractivity contribution in [3.63, 3.8) is 0 Å². The van der Waals surface area contributed by atoms with Crippen LogP contribution in [-0.2, 0) is 14.3 Å². The highest BCUT2D eigenvalue weighted by Gasteiger charge is 2.34. The smallest absolute Gasteiger partial charge is 0.319 e. The molecule has 2 aliphatic heterocycles. The Hall–Kier alpha value is -1.10. The zero-order chi connectivity index (χ0) is 11.5. The first-order valence-corrected chi connectivity index (χ1v) is 5.77. The number of fused-ring (bicyclic) bond motifs is 1. The van der Waals surface area contributed by atoms with Gasteiger partial charge in [-0.05, 0) is 18.8 Å². The number of nitrogens with zero attached hydrogens (tertiary/aromatic N) is 1. The van der Waals surface area contributed by atoms with Crippen LogP contribution in [0.4, 0.5) is 0 Å². The molecule has 2 rings (SSSR count). The SMILES string of the molecule is COC(=O)CN1CCC2NC(=O)CCC2C1. The molecule has 2 fully saturated rings. The second-order valence-corrected chi connectivity index (χ2v) is 4.57. The Balaban J connectivity index is 1.86. The van der Waals surface area contributed by atoms with Crippen molar-refractivity contribution in [2.24, 2.45) is 5.92 Å². The number of piperidine rings is 2. The van der Waals surface area contributed by atoms with E-state index in [0.717, 1.165) is 25.9 Å². The van der Waals surface area contributed by atoms with Gasteiger partial charge in [0.05, 0.1) is 13.7 Å². The summed E-state index contributed by atoms with van der Waals surface area (Å²) in [5.41, 5.74) is 0. The molecule has 5 nitrogen and oxygen atoms in total. The van der Waals surface area contributed by atoms with Gasteiger partial charge in [0.1, 0.15) is 0 Å². The van der Waals surface area contributed by atoms with E-state index in [9.17, 15) is 9.59 Å². The fourth-order valence-electron chi connectivity index (χ4n) is 2.58. The molecule has 0 radical (unpaired) electrons. The van der Waals surface area contributed by atoms with Gasteiger partial charge in [0, 0.05) is 25.6 Å². The van der Waals surface area contributed by atoms with Crippen LogP contribution >= 0.6 is 0 Å². The standard InChI is InChI=1S/C11H18N2O3/c1-16-11(15)7-13-5-4-9-8(6-13)2-3-10(14)12-9/h8-9H,2-7H2,1H3,(H,12,14). The van der Waals surface area contributed by atoms with Gasteiger partial charge in [0.15, 0.2) is 0 Å². The fourth-order valence-corrected chi connectivity index (χ4v) is 2.58. The number of rotatable bonds is 2. The lowest BCUT2D eigenvalue weighted by Gasteiger charge is -2.40. The van der Waals surface area contributed by atoms with Crippen LogP contribution in [0.2, 0.25) is 0 Å². The number of hydrogen-bond acceptors (Lipinski definition) is 4. The third-order valence-electron chi connectivity index (χ3n) is 3.49. The Morgan fingerprint density at radius 1 is 1.56 bits per heavy atom. The number of nitrogens with one attached hydrogen (secondary N) is 1. The van der Waals surface area contributed by atoms with Crippen molar-refractivity contribution in [3.05, 3.63) is 0 Å². The zero-order valence-electron chi connectivity index (χ0n) is 9.57. The molecule has 0 saturated carbocycles. The monoisotopic (exact) mass is 226 g/mol.